The van der Waals surface area contributed by atoms with Gasteiger partial charge in [0, 0.05) is 38.3 Å². The number of methoxy groups -OCH3 is 1. The third kappa shape index (κ3) is 3.85. The van der Waals surface area contributed by atoms with Crippen molar-refractivity contribution < 1.29 is 14.6 Å². The van der Waals surface area contributed by atoms with E-state index < -0.39 is 6.10 Å². The van der Waals surface area contributed by atoms with Gasteiger partial charge in [-0.05, 0) is 25.1 Å². The van der Waals surface area contributed by atoms with Crippen LogP contribution in [0.15, 0.2) is 18.2 Å². The lowest BCUT2D eigenvalue weighted by Crippen LogP contribution is -2.45. The lowest BCUT2D eigenvalue weighted by molar-refractivity contribution is 0.103. The lowest BCUT2D eigenvalue weighted by atomic mass is 10.1. The summed E-state index contributed by atoms with van der Waals surface area (Å²) < 4.78 is 10.8. The third-order valence-corrected chi connectivity index (χ3v) is 3.51. The Morgan fingerprint density at radius 2 is 2.10 bits per heavy atom. The second-order valence-electron chi connectivity index (χ2n) is 4.90. The van der Waals surface area contributed by atoms with Crippen LogP contribution in [-0.2, 0) is 0 Å². The van der Waals surface area contributed by atoms with Crippen molar-refractivity contribution in [1.82, 2.24) is 10.2 Å². The molecule has 0 bridgehead atoms. The van der Waals surface area contributed by atoms with Crippen LogP contribution >= 0.6 is 0 Å². The van der Waals surface area contributed by atoms with Crippen molar-refractivity contribution in [3.63, 3.8) is 0 Å². The molecule has 1 aromatic carbocycles. The van der Waals surface area contributed by atoms with E-state index in [4.69, 9.17) is 9.47 Å². The van der Waals surface area contributed by atoms with Crippen LogP contribution in [0.4, 0.5) is 0 Å². The van der Waals surface area contributed by atoms with E-state index >= 15 is 0 Å². The highest BCUT2D eigenvalue weighted by molar-refractivity contribution is 5.41. The first kappa shape index (κ1) is 15.1. The molecule has 2 rings (SSSR count). The van der Waals surface area contributed by atoms with Crippen molar-refractivity contribution in [2.75, 3.05) is 46.4 Å². The van der Waals surface area contributed by atoms with Crippen molar-refractivity contribution in [1.29, 1.82) is 0 Å². The molecule has 0 amide bonds. The minimum absolute atomic E-state index is 0.566. The van der Waals surface area contributed by atoms with Gasteiger partial charge in [0.25, 0.3) is 0 Å². The quantitative estimate of drug-likeness (QED) is 0.815. The van der Waals surface area contributed by atoms with Gasteiger partial charge in [-0.1, -0.05) is 0 Å². The van der Waals surface area contributed by atoms with Crippen molar-refractivity contribution in [3.8, 4) is 11.5 Å². The van der Waals surface area contributed by atoms with Crippen LogP contribution in [0.2, 0.25) is 0 Å². The average Bonchev–Trinajstić information content (AvgIpc) is 2.48. The van der Waals surface area contributed by atoms with Crippen LogP contribution in [0.25, 0.3) is 0 Å². The molecule has 112 valence electrons. The molecule has 1 fully saturated rings. The molecule has 0 radical (unpaired) electrons. The molecular formula is C15H24N2O3. The molecule has 0 spiro atoms. The van der Waals surface area contributed by atoms with Crippen LogP contribution in [0.5, 0.6) is 11.5 Å². The number of ether oxygens (including phenoxy) is 2. The van der Waals surface area contributed by atoms with Gasteiger partial charge < -0.3 is 19.9 Å². The minimum atomic E-state index is -0.566. The zero-order chi connectivity index (χ0) is 14.4. The van der Waals surface area contributed by atoms with Gasteiger partial charge in [0.15, 0.2) is 0 Å². The maximum absolute atomic E-state index is 10.5. The summed E-state index contributed by atoms with van der Waals surface area (Å²) in [5.41, 5.74) is 0.789. The highest BCUT2D eigenvalue weighted by Crippen LogP contribution is 2.30. The van der Waals surface area contributed by atoms with Crippen molar-refractivity contribution >= 4 is 0 Å². The zero-order valence-corrected chi connectivity index (χ0v) is 12.3. The van der Waals surface area contributed by atoms with Gasteiger partial charge in [-0.15, -0.1) is 0 Å². The number of rotatable bonds is 6. The Morgan fingerprint density at radius 1 is 1.35 bits per heavy atom. The fourth-order valence-corrected chi connectivity index (χ4v) is 2.47. The Kier molecular flexibility index (Phi) is 5.64. The van der Waals surface area contributed by atoms with Gasteiger partial charge in [-0.2, -0.15) is 0 Å². The SMILES string of the molecule is CCOc1ccc(OC)c(C(O)CN2CCNCC2)c1. The minimum Gasteiger partial charge on any atom is -0.496 e. The summed E-state index contributed by atoms with van der Waals surface area (Å²) >= 11 is 0. The summed E-state index contributed by atoms with van der Waals surface area (Å²) in [5.74, 6) is 1.47. The van der Waals surface area contributed by atoms with E-state index in [1.807, 2.05) is 25.1 Å². The van der Waals surface area contributed by atoms with E-state index in [1.54, 1.807) is 7.11 Å². The molecular weight excluding hydrogens is 256 g/mol. The molecule has 1 unspecified atom stereocenters. The molecule has 1 aliphatic rings. The number of nitrogens with one attached hydrogen (secondary N) is 1. The first-order valence-corrected chi connectivity index (χ1v) is 7.16. The maximum Gasteiger partial charge on any atom is 0.124 e. The number of aliphatic hydroxyl groups excluding tert-OH is 1. The van der Waals surface area contributed by atoms with Gasteiger partial charge in [0.2, 0.25) is 0 Å². The molecule has 0 aliphatic carbocycles. The molecule has 5 nitrogen and oxygen atoms in total. The van der Waals surface area contributed by atoms with E-state index in [-0.39, 0.29) is 0 Å². The van der Waals surface area contributed by atoms with E-state index in [0.717, 1.165) is 37.5 Å². The number of benzene rings is 1. The molecule has 1 saturated heterocycles. The Labute approximate surface area is 120 Å². The van der Waals surface area contributed by atoms with Crippen LogP contribution in [0.1, 0.15) is 18.6 Å². The summed E-state index contributed by atoms with van der Waals surface area (Å²) in [5, 5.41) is 13.8. The molecule has 0 saturated carbocycles. The first-order valence-electron chi connectivity index (χ1n) is 7.16. The van der Waals surface area contributed by atoms with Gasteiger partial charge in [-0.25, -0.2) is 0 Å². The fourth-order valence-electron chi connectivity index (χ4n) is 2.47. The predicted octanol–water partition coefficient (Wildman–Crippen LogP) is 1.03. The standard InChI is InChI=1S/C15H24N2O3/c1-3-20-12-4-5-15(19-2)13(10-12)14(18)11-17-8-6-16-7-9-17/h4-5,10,14,16,18H,3,6-9,11H2,1-2H3. The lowest BCUT2D eigenvalue weighted by Gasteiger charge is -2.29. The highest BCUT2D eigenvalue weighted by atomic mass is 16.5. The van der Waals surface area contributed by atoms with Crippen LogP contribution in [-0.4, -0.2) is 56.4 Å². The van der Waals surface area contributed by atoms with Crippen molar-refractivity contribution in [2.24, 2.45) is 0 Å². The van der Waals surface area contributed by atoms with Gasteiger partial charge in [0.1, 0.15) is 11.5 Å². The third-order valence-electron chi connectivity index (χ3n) is 3.51. The molecule has 1 heterocycles. The van der Waals surface area contributed by atoms with Gasteiger partial charge in [0.05, 0.1) is 19.8 Å². The number of piperazine rings is 1. The summed E-state index contributed by atoms with van der Waals surface area (Å²) in [6.07, 6.45) is -0.566. The van der Waals surface area contributed by atoms with Crippen LogP contribution in [0.3, 0.4) is 0 Å². The Balaban J connectivity index is 2.09. The first-order chi connectivity index (χ1) is 9.74. The molecule has 1 atom stereocenters. The molecule has 1 aliphatic heterocycles. The molecule has 20 heavy (non-hydrogen) atoms. The van der Waals surface area contributed by atoms with Crippen LogP contribution < -0.4 is 14.8 Å². The predicted molar refractivity (Wildman–Crippen MR) is 78.4 cm³/mol. The van der Waals surface area contributed by atoms with Gasteiger partial charge in [-0.3, -0.25) is 4.90 Å². The number of aliphatic hydroxyl groups is 1. The van der Waals surface area contributed by atoms with Crippen molar-refractivity contribution in [2.45, 2.75) is 13.0 Å². The number of nitrogens with zero attached hydrogens (tertiary/aromatic N) is 1. The highest BCUT2D eigenvalue weighted by Gasteiger charge is 2.19. The van der Waals surface area contributed by atoms with E-state index in [1.165, 1.54) is 0 Å². The molecule has 1 aromatic rings. The van der Waals surface area contributed by atoms with E-state index in [9.17, 15) is 5.11 Å². The fraction of sp³-hybridized carbons (Fsp3) is 0.600. The topological polar surface area (TPSA) is 54.0 Å². The van der Waals surface area contributed by atoms with E-state index in [2.05, 4.69) is 10.2 Å². The number of hydrogen-bond donors (Lipinski definition) is 2. The summed E-state index contributed by atoms with van der Waals surface area (Å²) in [7, 11) is 1.62. The molecule has 0 aromatic heterocycles. The second-order valence-corrected chi connectivity index (χ2v) is 4.90. The second kappa shape index (κ2) is 7.47. The van der Waals surface area contributed by atoms with Gasteiger partial charge >= 0.3 is 0 Å². The molecule has 5 heteroatoms. The Bertz CT molecular complexity index is 420. The van der Waals surface area contributed by atoms with E-state index in [0.29, 0.717) is 18.9 Å². The smallest absolute Gasteiger partial charge is 0.124 e. The number of hydrogen-bond acceptors (Lipinski definition) is 5. The van der Waals surface area contributed by atoms with Crippen LogP contribution in [0, 0.1) is 0 Å². The molecule has 2 N–H and O–H groups in total. The maximum atomic E-state index is 10.5. The summed E-state index contributed by atoms with van der Waals surface area (Å²) in [6, 6.07) is 5.58. The normalized spacial score (nSPS) is 17.8. The monoisotopic (exact) mass is 280 g/mol. The largest absolute Gasteiger partial charge is 0.496 e. The summed E-state index contributed by atoms with van der Waals surface area (Å²) in [4.78, 5) is 2.26. The Morgan fingerprint density at radius 3 is 2.75 bits per heavy atom. The average molecular weight is 280 g/mol. The summed E-state index contributed by atoms with van der Waals surface area (Å²) in [6.45, 7) is 7.05. The van der Waals surface area contributed by atoms with Crippen molar-refractivity contribution in [3.05, 3.63) is 23.8 Å². The zero-order valence-electron chi connectivity index (χ0n) is 12.3. The Hall–Kier alpha value is -1.30. The number of β-amino-alcohol motifs (C(OH)–C–C–N with tert-alkyl or cyclic N) is 1.